The monoisotopic (exact) mass is 436 g/mol. The molecule has 1 aliphatic carbocycles. The molecule has 4 nitrogen and oxygen atoms in total. The van der Waals surface area contributed by atoms with Crippen LogP contribution in [0.25, 0.3) is 0 Å². The Bertz CT molecular complexity index is 657. The van der Waals surface area contributed by atoms with Crippen molar-refractivity contribution >= 4 is 29.9 Å². The summed E-state index contributed by atoms with van der Waals surface area (Å²) in [6, 6.07) is 14.8. The molecule has 0 aliphatic heterocycles. The lowest BCUT2D eigenvalue weighted by atomic mass is 9.83. The van der Waals surface area contributed by atoms with Crippen LogP contribution in [-0.2, 0) is 13.0 Å². The molecule has 1 unspecified atom stereocenters. The highest BCUT2D eigenvalue weighted by molar-refractivity contribution is 14.0. The Hall–Kier alpha value is -1.63. The van der Waals surface area contributed by atoms with Gasteiger partial charge in [0.2, 0.25) is 0 Å². The first kappa shape index (κ1) is 18.7. The molecular formula is C19H25IN4. The van der Waals surface area contributed by atoms with Gasteiger partial charge in [0.05, 0.1) is 12.2 Å². The van der Waals surface area contributed by atoms with Crippen LogP contribution in [0.15, 0.2) is 53.7 Å². The molecular weight excluding hydrogens is 411 g/mol. The van der Waals surface area contributed by atoms with Gasteiger partial charge in [-0.3, -0.25) is 9.98 Å². The van der Waals surface area contributed by atoms with Crippen molar-refractivity contribution < 1.29 is 0 Å². The quantitative estimate of drug-likeness (QED) is 0.439. The van der Waals surface area contributed by atoms with Crippen molar-refractivity contribution in [3.63, 3.8) is 0 Å². The highest BCUT2D eigenvalue weighted by Crippen LogP contribution is 2.30. The molecule has 0 amide bonds. The third-order valence-corrected chi connectivity index (χ3v) is 4.40. The molecule has 0 radical (unpaired) electrons. The maximum atomic E-state index is 4.32. The predicted octanol–water partition coefficient (Wildman–Crippen LogP) is 3.48. The number of hydrogen-bond donors (Lipinski definition) is 2. The zero-order chi connectivity index (χ0) is 15.9. The summed E-state index contributed by atoms with van der Waals surface area (Å²) in [5.41, 5.74) is 4.01. The third kappa shape index (κ3) is 4.93. The van der Waals surface area contributed by atoms with Crippen molar-refractivity contribution in [2.24, 2.45) is 4.99 Å². The fraction of sp³-hybridized carbons (Fsp3) is 0.368. The van der Waals surface area contributed by atoms with Gasteiger partial charge in [-0.15, -0.1) is 24.0 Å². The summed E-state index contributed by atoms with van der Waals surface area (Å²) in [4.78, 5) is 8.63. The van der Waals surface area contributed by atoms with Crippen LogP contribution in [0.2, 0.25) is 0 Å². The van der Waals surface area contributed by atoms with E-state index in [0.29, 0.717) is 12.5 Å². The number of aryl methyl sites for hydroxylation is 1. The lowest BCUT2D eigenvalue weighted by Crippen LogP contribution is -2.39. The maximum Gasteiger partial charge on any atom is 0.191 e. The van der Waals surface area contributed by atoms with Crippen LogP contribution in [0.3, 0.4) is 0 Å². The van der Waals surface area contributed by atoms with E-state index in [1.165, 1.54) is 30.4 Å². The average molecular weight is 436 g/mol. The van der Waals surface area contributed by atoms with Crippen LogP contribution in [0.5, 0.6) is 0 Å². The number of pyridine rings is 1. The minimum Gasteiger partial charge on any atom is -0.356 e. The molecule has 0 saturated carbocycles. The number of fused-ring (bicyclic) bond motifs is 1. The molecule has 5 heteroatoms. The summed E-state index contributed by atoms with van der Waals surface area (Å²) in [6.07, 6.45) is 5.52. The molecule has 2 N–H and O–H groups in total. The minimum absolute atomic E-state index is 0. The Balaban J connectivity index is 0.00000208. The molecule has 0 saturated heterocycles. The molecule has 24 heavy (non-hydrogen) atoms. The number of nitrogens with zero attached hydrogens (tertiary/aromatic N) is 2. The number of rotatable bonds is 4. The van der Waals surface area contributed by atoms with Gasteiger partial charge >= 0.3 is 0 Å². The normalized spacial score (nSPS) is 16.7. The van der Waals surface area contributed by atoms with Crippen LogP contribution in [0.1, 0.15) is 35.6 Å². The van der Waals surface area contributed by atoms with Crippen molar-refractivity contribution in [1.82, 2.24) is 15.6 Å². The molecule has 1 atom stereocenters. The summed E-state index contributed by atoms with van der Waals surface area (Å²) in [5.74, 6) is 1.40. The number of halogens is 1. The standard InChI is InChI=1S/C19H24N4.HI/c1-20-19(23-14-17-10-4-5-12-21-17)22-13-16-9-6-8-15-7-2-3-11-18(15)16;/h2-5,7,10-12,16H,6,8-9,13-14H2,1H3,(H2,20,22,23);1H. The number of aromatic nitrogens is 1. The van der Waals surface area contributed by atoms with E-state index in [9.17, 15) is 0 Å². The second-order valence-corrected chi connectivity index (χ2v) is 5.92. The Morgan fingerprint density at radius 3 is 2.79 bits per heavy atom. The van der Waals surface area contributed by atoms with E-state index in [2.05, 4.69) is 44.9 Å². The zero-order valence-corrected chi connectivity index (χ0v) is 16.4. The van der Waals surface area contributed by atoms with Gasteiger partial charge in [0.25, 0.3) is 0 Å². The van der Waals surface area contributed by atoms with E-state index in [1.54, 1.807) is 0 Å². The minimum atomic E-state index is 0. The van der Waals surface area contributed by atoms with Gasteiger partial charge in [-0.05, 0) is 42.5 Å². The lowest BCUT2D eigenvalue weighted by molar-refractivity contribution is 0.539. The third-order valence-electron chi connectivity index (χ3n) is 4.40. The summed E-state index contributed by atoms with van der Waals surface area (Å²) < 4.78 is 0. The van der Waals surface area contributed by atoms with Gasteiger partial charge in [0, 0.05) is 25.7 Å². The molecule has 128 valence electrons. The molecule has 3 rings (SSSR count). The van der Waals surface area contributed by atoms with Gasteiger partial charge in [0.1, 0.15) is 0 Å². The number of hydrogen-bond acceptors (Lipinski definition) is 2. The van der Waals surface area contributed by atoms with E-state index < -0.39 is 0 Å². The van der Waals surface area contributed by atoms with E-state index in [1.807, 2.05) is 31.4 Å². The van der Waals surface area contributed by atoms with Crippen LogP contribution in [-0.4, -0.2) is 24.5 Å². The summed E-state index contributed by atoms with van der Waals surface area (Å²) in [5, 5.41) is 6.79. The first-order valence-electron chi connectivity index (χ1n) is 8.29. The molecule has 1 aliphatic rings. The van der Waals surface area contributed by atoms with Crippen molar-refractivity contribution in [2.45, 2.75) is 31.7 Å². The second kappa shape index (κ2) is 9.61. The smallest absolute Gasteiger partial charge is 0.191 e. The van der Waals surface area contributed by atoms with Gasteiger partial charge in [-0.1, -0.05) is 30.3 Å². The van der Waals surface area contributed by atoms with E-state index in [-0.39, 0.29) is 24.0 Å². The summed E-state index contributed by atoms with van der Waals surface area (Å²) >= 11 is 0. The summed E-state index contributed by atoms with van der Waals surface area (Å²) in [7, 11) is 1.81. The van der Waals surface area contributed by atoms with Gasteiger partial charge < -0.3 is 10.6 Å². The van der Waals surface area contributed by atoms with Crippen LogP contribution >= 0.6 is 24.0 Å². The Labute approximate surface area is 161 Å². The van der Waals surface area contributed by atoms with Crippen LogP contribution in [0.4, 0.5) is 0 Å². The first-order chi connectivity index (χ1) is 11.4. The average Bonchev–Trinajstić information content (AvgIpc) is 2.63. The zero-order valence-electron chi connectivity index (χ0n) is 14.0. The van der Waals surface area contributed by atoms with E-state index in [0.717, 1.165) is 18.2 Å². The van der Waals surface area contributed by atoms with Crippen LogP contribution < -0.4 is 10.6 Å². The van der Waals surface area contributed by atoms with Crippen LogP contribution in [0, 0.1) is 0 Å². The molecule has 0 spiro atoms. The highest BCUT2D eigenvalue weighted by Gasteiger charge is 2.19. The number of guanidine groups is 1. The highest BCUT2D eigenvalue weighted by atomic mass is 127. The largest absolute Gasteiger partial charge is 0.356 e. The van der Waals surface area contributed by atoms with E-state index >= 15 is 0 Å². The van der Waals surface area contributed by atoms with Crippen molar-refractivity contribution in [1.29, 1.82) is 0 Å². The molecule has 1 aromatic heterocycles. The second-order valence-electron chi connectivity index (χ2n) is 5.92. The molecule has 1 aromatic carbocycles. The fourth-order valence-corrected chi connectivity index (χ4v) is 3.18. The van der Waals surface area contributed by atoms with Gasteiger partial charge in [0.15, 0.2) is 5.96 Å². The number of benzene rings is 1. The fourth-order valence-electron chi connectivity index (χ4n) is 3.18. The molecule has 2 aromatic rings. The first-order valence-corrected chi connectivity index (χ1v) is 8.29. The topological polar surface area (TPSA) is 49.3 Å². The Morgan fingerprint density at radius 1 is 1.17 bits per heavy atom. The van der Waals surface area contributed by atoms with Crippen molar-refractivity contribution in [2.75, 3.05) is 13.6 Å². The van der Waals surface area contributed by atoms with Crippen molar-refractivity contribution in [3.05, 3.63) is 65.5 Å². The number of nitrogens with one attached hydrogen (secondary N) is 2. The molecule has 1 heterocycles. The molecule has 0 fully saturated rings. The van der Waals surface area contributed by atoms with Gasteiger partial charge in [-0.25, -0.2) is 0 Å². The molecule has 0 bridgehead atoms. The number of aliphatic imine (C=N–C) groups is 1. The summed E-state index contributed by atoms with van der Waals surface area (Å²) in [6.45, 7) is 1.60. The maximum absolute atomic E-state index is 4.32. The Morgan fingerprint density at radius 2 is 2.00 bits per heavy atom. The SMILES string of the molecule is CN=C(NCc1ccccn1)NCC1CCCc2ccccc21.I. The lowest BCUT2D eigenvalue weighted by Gasteiger charge is -2.26. The Kier molecular flexibility index (Phi) is 7.49. The van der Waals surface area contributed by atoms with Crippen molar-refractivity contribution in [3.8, 4) is 0 Å². The van der Waals surface area contributed by atoms with E-state index in [4.69, 9.17) is 0 Å². The predicted molar refractivity (Wildman–Crippen MR) is 110 cm³/mol. The van der Waals surface area contributed by atoms with Gasteiger partial charge in [-0.2, -0.15) is 0 Å².